The Morgan fingerprint density at radius 1 is 1.50 bits per heavy atom. The first-order chi connectivity index (χ1) is 4.74. The van der Waals surface area contributed by atoms with Crippen molar-refractivity contribution in [1.29, 1.82) is 5.26 Å². The molecule has 1 aromatic carbocycles. The zero-order chi connectivity index (χ0) is 7.56. The Morgan fingerprint density at radius 3 is 2.70 bits per heavy atom. The molecule has 10 heavy (non-hydrogen) atoms. The predicted molar refractivity (Wildman–Crippen MR) is 40.4 cm³/mol. The van der Waals surface area contributed by atoms with Crippen LogP contribution in [0.1, 0.15) is 16.7 Å². The minimum absolute atomic E-state index is 0.676. The summed E-state index contributed by atoms with van der Waals surface area (Å²) in [6.45, 7) is 5.75. The van der Waals surface area contributed by atoms with Crippen molar-refractivity contribution in [3.05, 3.63) is 41.8 Å². The van der Waals surface area contributed by atoms with Gasteiger partial charge in [-0.1, -0.05) is 6.07 Å². The number of hydrogen-bond donors (Lipinski definition) is 0. The molecule has 0 spiro atoms. The smallest absolute Gasteiger partial charge is 0.0991 e. The molecule has 0 aromatic heterocycles. The summed E-state index contributed by atoms with van der Waals surface area (Å²) in [5.41, 5.74) is 2.73. The summed E-state index contributed by atoms with van der Waals surface area (Å²) in [7, 11) is 0. The van der Waals surface area contributed by atoms with Gasteiger partial charge in [-0.25, -0.2) is 0 Å². The van der Waals surface area contributed by atoms with E-state index in [1.54, 1.807) is 12.1 Å². The maximum absolute atomic E-state index is 8.48. The molecule has 0 aliphatic carbocycles. The fourth-order valence-corrected chi connectivity index (χ4v) is 0.741. The van der Waals surface area contributed by atoms with Gasteiger partial charge in [0.05, 0.1) is 11.6 Å². The highest BCUT2D eigenvalue weighted by Crippen LogP contribution is 2.07. The van der Waals surface area contributed by atoms with E-state index in [1.165, 1.54) is 0 Å². The molecule has 0 aliphatic rings. The van der Waals surface area contributed by atoms with Gasteiger partial charge in [0.25, 0.3) is 0 Å². The number of hydrogen-bond acceptors (Lipinski definition) is 1. The molecule has 0 unspecified atom stereocenters. The molecule has 0 heterocycles. The van der Waals surface area contributed by atoms with Gasteiger partial charge in [-0.05, 0) is 37.1 Å². The molecule has 1 nitrogen and oxygen atoms in total. The highest BCUT2D eigenvalue weighted by molar-refractivity contribution is 5.38. The van der Waals surface area contributed by atoms with E-state index in [1.807, 2.05) is 13.0 Å². The van der Waals surface area contributed by atoms with Crippen LogP contribution in [0.2, 0.25) is 0 Å². The molecule has 0 bridgehead atoms. The number of benzene rings is 1. The van der Waals surface area contributed by atoms with Crippen LogP contribution in [0.4, 0.5) is 0 Å². The van der Waals surface area contributed by atoms with E-state index in [4.69, 9.17) is 5.26 Å². The highest BCUT2D eigenvalue weighted by atomic mass is 14.2. The Morgan fingerprint density at radius 2 is 2.20 bits per heavy atom. The first kappa shape index (κ1) is 6.82. The summed E-state index contributed by atoms with van der Waals surface area (Å²) in [6.07, 6.45) is 0. The maximum atomic E-state index is 8.48. The monoisotopic (exact) mass is 130 g/mol. The molecule has 0 aliphatic heterocycles. The standard InChI is InChI=1S/C9H8N/c1-7-3-4-9(6-10)5-8(7)2/h3-5H,2H2,1H3. The Balaban J connectivity index is 3.20. The van der Waals surface area contributed by atoms with Crippen molar-refractivity contribution in [1.82, 2.24) is 0 Å². The van der Waals surface area contributed by atoms with Crippen molar-refractivity contribution < 1.29 is 0 Å². The van der Waals surface area contributed by atoms with E-state index in [9.17, 15) is 0 Å². The van der Waals surface area contributed by atoms with E-state index in [2.05, 4.69) is 13.0 Å². The van der Waals surface area contributed by atoms with Crippen molar-refractivity contribution in [2.24, 2.45) is 0 Å². The third-order valence-corrected chi connectivity index (χ3v) is 1.48. The maximum Gasteiger partial charge on any atom is 0.0991 e. The summed E-state index contributed by atoms with van der Waals surface area (Å²) >= 11 is 0. The van der Waals surface area contributed by atoms with E-state index in [-0.39, 0.29) is 0 Å². The van der Waals surface area contributed by atoms with Crippen LogP contribution in [0.15, 0.2) is 18.2 Å². The molecular weight excluding hydrogens is 122 g/mol. The Hall–Kier alpha value is -1.29. The third kappa shape index (κ3) is 1.16. The van der Waals surface area contributed by atoms with Crippen LogP contribution in [0.3, 0.4) is 0 Å². The van der Waals surface area contributed by atoms with Crippen molar-refractivity contribution >= 4 is 0 Å². The largest absolute Gasteiger partial charge is 0.192 e. The zero-order valence-electron chi connectivity index (χ0n) is 5.89. The number of nitriles is 1. The van der Waals surface area contributed by atoms with Gasteiger partial charge in [0.2, 0.25) is 0 Å². The van der Waals surface area contributed by atoms with E-state index in [0.717, 1.165) is 11.1 Å². The van der Waals surface area contributed by atoms with Crippen LogP contribution in [-0.4, -0.2) is 0 Å². The average molecular weight is 130 g/mol. The van der Waals surface area contributed by atoms with Crippen molar-refractivity contribution in [2.45, 2.75) is 6.92 Å². The summed E-state index contributed by atoms with van der Waals surface area (Å²) in [5, 5.41) is 8.48. The normalized spacial score (nSPS) is 8.90. The Bertz CT molecular complexity index is 281. The number of rotatable bonds is 0. The summed E-state index contributed by atoms with van der Waals surface area (Å²) in [5.74, 6) is 0. The predicted octanol–water partition coefficient (Wildman–Crippen LogP) is 2.05. The summed E-state index contributed by atoms with van der Waals surface area (Å²) in [4.78, 5) is 0. The second-order valence-electron chi connectivity index (χ2n) is 2.25. The third-order valence-electron chi connectivity index (χ3n) is 1.48. The quantitative estimate of drug-likeness (QED) is 0.527. The first-order valence-electron chi connectivity index (χ1n) is 3.07. The van der Waals surface area contributed by atoms with Crippen LogP contribution in [0.25, 0.3) is 0 Å². The lowest BCUT2D eigenvalue weighted by molar-refractivity contribution is 1.39. The van der Waals surface area contributed by atoms with Crippen molar-refractivity contribution in [3.8, 4) is 6.07 Å². The highest BCUT2D eigenvalue weighted by Gasteiger charge is 1.92. The molecule has 0 saturated heterocycles. The second-order valence-corrected chi connectivity index (χ2v) is 2.25. The van der Waals surface area contributed by atoms with E-state index in [0.29, 0.717) is 5.56 Å². The molecule has 1 aromatic rings. The molecule has 0 N–H and O–H groups in total. The number of aryl methyl sites for hydroxylation is 1. The minimum atomic E-state index is 0.676. The van der Waals surface area contributed by atoms with Crippen molar-refractivity contribution in [2.75, 3.05) is 0 Å². The van der Waals surface area contributed by atoms with Crippen molar-refractivity contribution in [3.63, 3.8) is 0 Å². The van der Waals surface area contributed by atoms with Crippen LogP contribution < -0.4 is 0 Å². The lowest BCUT2D eigenvalue weighted by Crippen LogP contribution is -1.81. The van der Waals surface area contributed by atoms with Gasteiger partial charge < -0.3 is 0 Å². The van der Waals surface area contributed by atoms with Gasteiger partial charge >= 0.3 is 0 Å². The number of nitrogens with zero attached hydrogens (tertiary/aromatic N) is 1. The molecule has 1 radical (unpaired) electrons. The molecule has 0 amide bonds. The molecule has 0 saturated carbocycles. The van der Waals surface area contributed by atoms with Gasteiger partial charge in [0, 0.05) is 0 Å². The van der Waals surface area contributed by atoms with Crippen LogP contribution in [0.5, 0.6) is 0 Å². The Labute approximate surface area is 60.9 Å². The fraction of sp³-hybridized carbons (Fsp3) is 0.111. The Kier molecular flexibility index (Phi) is 1.73. The minimum Gasteiger partial charge on any atom is -0.192 e. The lowest BCUT2D eigenvalue weighted by Gasteiger charge is -1.96. The van der Waals surface area contributed by atoms with E-state index >= 15 is 0 Å². The molecular formula is C9H8N. The zero-order valence-corrected chi connectivity index (χ0v) is 5.89. The molecule has 1 heteroatoms. The second kappa shape index (κ2) is 2.53. The lowest BCUT2D eigenvalue weighted by atomic mass is 10.1. The van der Waals surface area contributed by atoms with Gasteiger partial charge in [0.15, 0.2) is 0 Å². The van der Waals surface area contributed by atoms with Gasteiger partial charge in [-0.15, -0.1) is 0 Å². The van der Waals surface area contributed by atoms with Crippen LogP contribution >= 0.6 is 0 Å². The topological polar surface area (TPSA) is 23.8 Å². The van der Waals surface area contributed by atoms with Gasteiger partial charge in [-0.2, -0.15) is 5.26 Å². The molecule has 0 atom stereocenters. The average Bonchev–Trinajstić information content (AvgIpc) is 1.95. The SMILES string of the molecule is [CH2]c1cc(C#N)ccc1C. The van der Waals surface area contributed by atoms with Gasteiger partial charge in [0.1, 0.15) is 0 Å². The van der Waals surface area contributed by atoms with Gasteiger partial charge in [-0.3, -0.25) is 0 Å². The first-order valence-corrected chi connectivity index (χ1v) is 3.07. The summed E-state index contributed by atoms with van der Waals surface area (Å²) in [6, 6.07) is 7.54. The van der Waals surface area contributed by atoms with E-state index < -0.39 is 0 Å². The van der Waals surface area contributed by atoms with Crippen LogP contribution in [0, 0.1) is 25.2 Å². The molecule has 1 rings (SSSR count). The summed E-state index contributed by atoms with van der Waals surface area (Å²) < 4.78 is 0. The fourth-order valence-electron chi connectivity index (χ4n) is 0.741. The molecule has 49 valence electrons. The molecule has 0 fully saturated rings. The van der Waals surface area contributed by atoms with Crippen LogP contribution in [-0.2, 0) is 0 Å².